The van der Waals surface area contributed by atoms with Crippen LogP contribution in [0.1, 0.15) is 0 Å². The van der Waals surface area contributed by atoms with Gasteiger partial charge in [-0.3, -0.25) is 0 Å². The predicted octanol–water partition coefficient (Wildman–Crippen LogP) is 3.41. The highest BCUT2D eigenvalue weighted by Crippen LogP contribution is 2.19. The molecule has 3 aromatic carbocycles. The fourth-order valence-electron chi connectivity index (χ4n) is 3.02. The summed E-state index contributed by atoms with van der Waals surface area (Å²) < 4.78 is 21.5. The number of aliphatic hydroxyl groups is 2. The highest BCUT2D eigenvalue weighted by molar-refractivity contribution is 5.47. The topological polar surface area (TPSA) is 101 Å². The van der Waals surface area contributed by atoms with Gasteiger partial charge in [-0.25, -0.2) is 0 Å². The number of methoxy groups -OCH3 is 2. The van der Waals surface area contributed by atoms with Gasteiger partial charge in [0.05, 0.1) is 14.2 Å². The molecule has 0 heterocycles. The molecule has 0 amide bonds. The number of hydrogen-bond acceptors (Lipinski definition) is 8. The molecule has 0 unspecified atom stereocenters. The Morgan fingerprint density at radius 2 is 0.882 bits per heavy atom. The van der Waals surface area contributed by atoms with Gasteiger partial charge in [0.1, 0.15) is 48.4 Å². The molecule has 34 heavy (non-hydrogen) atoms. The number of anilines is 2. The van der Waals surface area contributed by atoms with E-state index in [4.69, 9.17) is 18.9 Å². The van der Waals surface area contributed by atoms with Crippen LogP contribution in [0.3, 0.4) is 0 Å². The fraction of sp³-hybridized carbons (Fsp3) is 0.308. The Morgan fingerprint density at radius 1 is 0.559 bits per heavy atom. The van der Waals surface area contributed by atoms with Crippen molar-refractivity contribution in [3.8, 4) is 23.0 Å². The van der Waals surface area contributed by atoms with Crippen molar-refractivity contribution in [2.24, 2.45) is 0 Å². The number of hydrogen-bond donors (Lipinski definition) is 4. The minimum Gasteiger partial charge on any atom is -0.497 e. The Balaban J connectivity index is 1.32. The van der Waals surface area contributed by atoms with Crippen molar-refractivity contribution in [1.82, 2.24) is 0 Å². The average Bonchev–Trinajstić information content (AvgIpc) is 2.89. The van der Waals surface area contributed by atoms with Crippen LogP contribution in [0.15, 0.2) is 72.8 Å². The SMILES string of the molecule is COc1ccc(NC[C@H](O)COc2ccc(OC[C@@H](O)CNc3ccc(OC)cc3)cc2)cc1. The van der Waals surface area contributed by atoms with Gasteiger partial charge in [-0.2, -0.15) is 0 Å². The molecule has 3 aromatic rings. The molecule has 182 valence electrons. The molecule has 3 rings (SSSR count). The van der Waals surface area contributed by atoms with Crippen LogP contribution in [0.4, 0.5) is 11.4 Å². The van der Waals surface area contributed by atoms with Crippen molar-refractivity contribution in [3.05, 3.63) is 72.8 Å². The zero-order valence-corrected chi connectivity index (χ0v) is 19.4. The van der Waals surface area contributed by atoms with Gasteiger partial charge in [-0.05, 0) is 72.8 Å². The Morgan fingerprint density at radius 3 is 1.21 bits per heavy atom. The summed E-state index contributed by atoms with van der Waals surface area (Å²) in [5.74, 6) is 2.80. The van der Waals surface area contributed by atoms with Crippen LogP contribution >= 0.6 is 0 Å². The molecule has 2 atom stereocenters. The Kier molecular flexibility index (Phi) is 9.69. The maximum atomic E-state index is 10.2. The number of ether oxygens (including phenoxy) is 4. The molecular formula is C26H32N2O6. The molecule has 0 bridgehead atoms. The zero-order valence-electron chi connectivity index (χ0n) is 19.4. The molecule has 0 aromatic heterocycles. The number of nitrogens with one attached hydrogen (secondary N) is 2. The van der Waals surface area contributed by atoms with Crippen LogP contribution in [0.5, 0.6) is 23.0 Å². The Bertz CT molecular complexity index is 884. The zero-order chi connectivity index (χ0) is 24.2. The molecule has 0 spiro atoms. The maximum absolute atomic E-state index is 10.2. The van der Waals surface area contributed by atoms with Crippen LogP contribution in [0, 0.1) is 0 Å². The third-order valence-corrected chi connectivity index (χ3v) is 4.97. The number of benzene rings is 3. The van der Waals surface area contributed by atoms with Crippen molar-refractivity contribution in [3.63, 3.8) is 0 Å². The second kappa shape index (κ2) is 13.2. The van der Waals surface area contributed by atoms with E-state index in [-0.39, 0.29) is 13.2 Å². The molecule has 0 saturated heterocycles. The summed E-state index contributed by atoms with van der Waals surface area (Å²) in [6.07, 6.45) is -1.35. The molecule has 8 heteroatoms. The van der Waals surface area contributed by atoms with Gasteiger partial charge < -0.3 is 39.8 Å². The molecule has 0 radical (unpaired) electrons. The van der Waals surface area contributed by atoms with Gasteiger partial charge in [0.15, 0.2) is 0 Å². The van der Waals surface area contributed by atoms with E-state index in [2.05, 4.69) is 10.6 Å². The molecule has 0 aliphatic heterocycles. The number of aliphatic hydroxyl groups excluding tert-OH is 2. The standard InChI is InChI=1S/C26H32N2O6/c1-31-23-7-3-19(4-8-23)27-15-21(29)17-33-25-11-13-26(14-12-25)34-18-22(30)16-28-20-5-9-24(32-2)10-6-20/h3-14,21-22,27-30H,15-18H2,1-2H3/t21-,22-/m0/s1. The summed E-state index contributed by atoms with van der Waals surface area (Å²) in [7, 11) is 3.24. The van der Waals surface area contributed by atoms with Crippen LogP contribution in [-0.2, 0) is 0 Å². The maximum Gasteiger partial charge on any atom is 0.119 e. The predicted molar refractivity (Wildman–Crippen MR) is 132 cm³/mol. The van der Waals surface area contributed by atoms with Crippen molar-refractivity contribution < 1.29 is 29.2 Å². The van der Waals surface area contributed by atoms with E-state index in [1.807, 2.05) is 48.5 Å². The monoisotopic (exact) mass is 468 g/mol. The normalized spacial score (nSPS) is 12.4. The van der Waals surface area contributed by atoms with Crippen LogP contribution < -0.4 is 29.6 Å². The third kappa shape index (κ3) is 8.38. The van der Waals surface area contributed by atoms with E-state index in [1.54, 1.807) is 38.5 Å². The van der Waals surface area contributed by atoms with Crippen LogP contribution in [-0.4, -0.2) is 62.9 Å². The highest BCUT2D eigenvalue weighted by atomic mass is 16.5. The number of rotatable bonds is 14. The van der Waals surface area contributed by atoms with Gasteiger partial charge in [0.2, 0.25) is 0 Å². The third-order valence-electron chi connectivity index (χ3n) is 4.97. The van der Waals surface area contributed by atoms with Crippen molar-refractivity contribution in [2.75, 3.05) is 51.2 Å². The quantitative estimate of drug-likeness (QED) is 0.286. The first-order chi connectivity index (χ1) is 16.6. The van der Waals surface area contributed by atoms with E-state index >= 15 is 0 Å². The van der Waals surface area contributed by atoms with E-state index in [1.165, 1.54) is 0 Å². The van der Waals surface area contributed by atoms with Gasteiger partial charge in [0, 0.05) is 24.5 Å². The van der Waals surface area contributed by atoms with Crippen LogP contribution in [0.25, 0.3) is 0 Å². The molecule has 0 aliphatic rings. The molecule has 0 fully saturated rings. The minimum atomic E-state index is -0.675. The Hall–Kier alpha value is -3.62. The molecule has 8 nitrogen and oxygen atoms in total. The van der Waals surface area contributed by atoms with Gasteiger partial charge in [-0.1, -0.05) is 0 Å². The summed E-state index contributed by atoms with van der Waals surface area (Å²) in [5.41, 5.74) is 1.78. The lowest BCUT2D eigenvalue weighted by atomic mass is 10.3. The van der Waals surface area contributed by atoms with Crippen molar-refractivity contribution in [1.29, 1.82) is 0 Å². The Labute approximate surface area is 200 Å². The lowest BCUT2D eigenvalue weighted by Gasteiger charge is -2.16. The van der Waals surface area contributed by atoms with Gasteiger partial charge in [-0.15, -0.1) is 0 Å². The average molecular weight is 469 g/mol. The first-order valence-electron chi connectivity index (χ1n) is 11.0. The highest BCUT2D eigenvalue weighted by Gasteiger charge is 2.08. The molecule has 4 N–H and O–H groups in total. The van der Waals surface area contributed by atoms with E-state index in [0.717, 1.165) is 22.9 Å². The van der Waals surface area contributed by atoms with E-state index in [9.17, 15) is 10.2 Å². The largest absolute Gasteiger partial charge is 0.497 e. The lowest BCUT2D eigenvalue weighted by molar-refractivity contribution is 0.115. The smallest absolute Gasteiger partial charge is 0.119 e. The summed E-state index contributed by atoms with van der Waals surface area (Å²) >= 11 is 0. The first kappa shape index (κ1) is 25.0. The second-order valence-electron chi connectivity index (χ2n) is 7.62. The summed E-state index contributed by atoms with van der Waals surface area (Å²) in [5, 5.41) is 26.6. The summed E-state index contributed by atoms with van der Waals surface area (Å²) in [6.45, 7) is 1.02. The summed E-state index contributed by atoms with van der Waals surface area (Å²) in [4.78, 5) is 0. The molecule has 0 aliphatic carbocycles. The molecular weight excluding hydrogens is 436 g/mol. The first-order valence-corrected chi connectivity index (χ1v) is 11.0. The fourth-order valence-corrected chi connectivity index (χ4v) is 3.02. The molecule has 0 saturated carbocycles. The van der Waals surface area contributed by atoms with Gasteiger partial charge in [0.25, 0.3) is 0 Å². The minimum absolute atomic E-state index is 0.152. The van der Waals surface area contributed by atoms with Gasteiger partial charge >= 0.3 is 0 Å². The van der Waals surface area contributed by atoms with E-state index in [0.29, 0.717) is 24.6 Å². The van der Waals surface area contributed by atoms with Crippen molar-refractivity contribution in [2.45, 2.75) is 12.2 Å². The van der Waals surface area contributed by atoms with E-state index < -0.39 is 12.2 Å². The van der Waals surface area contributed by atoms with Crippen LogP contribution in [0.2, 0.25) is 0 Å². The van der Waals surface area contributed by atoms with Crippen molar-refractivity contribution >= 4 is 11.4 Å². The lowest BCUT2D eigenvalue weighted by Crippen LogP contribution is -2.26. The second-order valence-corrected chi connectivity index (χ2v) is 7.62. The summed E-state index contributed by atoms with van der Waals surface area (Å²) in [6, 6.07) is 22.0.